The van der Waals surface area contributed by atoms with E-state index in [4.69, 9.17) is 5.73 Å². The Bertz CT molecular complexity index is 447. The fraction of sp³-hybridized carbons (Fsp3) is 0.643. The third-order valence-corrected chi connectivity index (χ3v) is 5.15. The minimum absolute atomic E-state index is 0.0485. The van der Waals surface area contributed by atoms with Gasteiger partial charge in [-0.1, -0.05) is 20.8 Å². The molecule has 1 aromatic rings. The predicted octanol–water partition coefficient (Wildman–Crippen LogP) is 2.67. The van der Waals surface area contributed by atoms with Crippen LogP contribution >= 0.6 is 11.3 Å². The lowest BCUT2D eigenvalue weighted by Crippen LogP contribution is -2.46. The van der Waals surface area contributed by atoms with Gasteiger partial charge in [-0.2, -0.15) is 0 Å². The second-order valence-electron chi connectivity index (χ2n) is 6.10. The summed E-state index contributed by atoms with van der Waals surface area (Å²) in [6.07, 6.45) is 1.36. The lowest BCUT2D eigenvalue weighted by molar-refractivity contribution is -0.135. The Balaban J connectivity index is 2.29. The number of nitrogens with two attached hydrogens (primary N) is 1. The van der Waals surface area contributed by atoms with Crippen LogP contribution in [0.25, 0.3) is 0 Å². The molecular formula is C14H22N2OS. The summed E-state index contributed by atoms with van der Waals surface area (Å²) >= 11 is 1.78. The average Bonchev–Trinajstić information content (AvgIpc) is 2.73. The molecule has 1 aliphatic rings. The molecule has 0 aliphatic carbocycles. The molecule has 1 aromatic heterocycles. The third kappa shape index (κ3) is 2.45. The van der Waals surface area contributed by atoms with E-state index in [0.717, 1.165) is 6.42 Å². The quantitative estimate of drug-likeness (QED) is 0.849. The number of likely N-dealkylation sites (N-methyl/N-ethyl adjacent to an activating group) is 1. The minimum Gasteiger partial charge on any atom is -0.336 e. The molecule has 3 nitrogen and oxygen atoms in total. The Hall–Kier alpha value is -0.870. The van der Waals surface area contributed by atoms with Gasteiger partial charge in [0.25, 0.3) is 0 Å². The zero-order valence-electron chi connectivity index (χ0n) is 11.6. The first-order valence-corrected chi connectivity index (χ1v) is 7.24. The van der Waals surface area contributed by atoms with Gasteiger partial charge in [0.15, 0.2) is 0 Å². The zero-order chi connectivity index (χ0) is 13.5. The molecule has 18 heavy (non-hydrogen) atoms. The molecule has 2 rings (SSSR count). The van der Waals surface area contributed by atoms with Crippen molar-refractivity contribution in [2.75, 3.05) is 7.05 Å². The van der Waals surface area contributed by atoms with Crippen molar-refractivity contribution in [2.45, 2.75) is 51.1 Å². The highest BCUT2D eigenvalue weighted by Crippen LogP contribution is 2.37. The summed E-state index contributed by atoms with van der Waals surface area (Å²) in [5.41, 5.74) is 6.35. The van der Waals surface area contributed by atoms with Gasteiger partial charge >= 0.3 is 0 Å². The topological polar surface area (TPSA) is 46.3 Å². The van der Waals surface area contributed by atoms with Crippen LogP contribution in [-0.4, -0.2) is 23.9 Å². The molecule has 1 fully saturated rings. The third-order valence-electron chi connectivity index (χ3n) is 3.57. The summed E-state index contributed by atoms with van der Waals surface area (Å²) < 4.78 is 0. The fourth-order valence-corrected chi connectivity index (χ4v) is 3.67. The molecule has 0 saturated carbocycles. The van der Waals surface area contributed by atoms with Gasteiger partial charge in [0.2, 0.25) is 5.91 Å². The van der Waals surface area contributed by atoms with Crippen LogP contribution in [0.5, 0.6) is 0 Å². The Morgan fingerprint density at radius 2 is 2.06 bits per heavy atom. The number of piperidine rings is 1. The van der Waals surface area contributed by atoms with Crippen molar-refractivity contribution in [3.63, 3.8) is 0 Å². The number of nitrogens with zero attached hydrogens (tertiary/aromatic N) is 1. The summed E-state index contributed by atoms with van der Waals surface area (Å²) in [4.78, 5) is 16.2. The SMILES string of the molecule is CN1C(=O)CCC(N)C1c1ccc(C(C)(C)C)s1. The number of hydrogen-bond donors (Lipinski definition) is 1. The summed E-state index contributed by atoms with van der Waals surface area (Å²) in [7, 11) is 1.86. The molecular weight excluding hydrogens is 244 g/mol. The van der Waals surface area contributed by atoms with Gasteiger partial charge in [-0.15, -0.1) is 11.3 Å². The van der Waals surface area contributed by atoms with Gasteiger partial charge < -0.3 is 10.6 Å². The van der Waals surface area contributed by atoms with E-state index in [-0.39, 0.29) is 23.4 Å². The van der Waals surface area contributed by atoms with E-state index >= 15 is 0 Å². The number of amides is 1. The van der Waals surface area contributed by atoms with E-state index in [2.05, 4.69) is 32.9 Å². The van der Waals surface area contributed by atoms with Gasteiger partial charge in [0.05, 0.1) is 6.04 Å². The van der Waals surface area contributed by atoms with Gasteiger partial charge in [-0.3, -0.25) is 4.79 Å². The first kappa shape index (κ1) is 13.6. The van der Waals surface area contributed by atoms with E-state index in [1.807, 2.05) is 11.9 Å². The number of carbonyl (C=O) groups excluding carboxylic acids is 1. The first-order valence-electron chi connectivity index (χ1n) is 6.42. The highest BCUT2D eigenvalue weighted by molar-refractivity contribution is 7.12. The largest absolute Gasteiger partial charge is 0.336 e. The molecule has 1 amide bonds. The monoisotopic (exact) mass is 266 g/mol. The predicted molar refractivity (Wildman–Crippen MR) is 75.7 cm³/mol. The van der Waals surface area contributed by atoms with Crippen molar-refractivity contribution >= 4 is 17.2 Å². The Morgan fingerprint density at radius 1 is 1.39 bits per heavy atom. The van der Waals surface area contributed by atoms with Crippen molar-refractivity contribution < 1.29 is 4.79 Å². The summed E-state index contributed by atoms with van der Waals surface area (Å²) in [5, 5.41) is 0. The highest BCUT2D eigenvalue weighted by Gasteiger charge is 2.33. The van der Waals surface area contributed by atoms with Crippen LogP contribution in [0.1, 0.15) is 49.4 Å². The fourth-order valence-electron chi connectivity index (χ4n) is 2.38. The minimum atomic E-state index is 0.0485. The highest BCUT2D eigenvalue weighted by atomic mass is 32.1. The second kappa shape index (κ2) is 4.67. The Labute approximate surface area is 113 Å². The number of hydrogen-bond acceptors (Lipinski definition) is 3. The number of carbonyl (C=O) groups is 1. The molecule has 2 unspecified atom stereocenters. The maximum atomic E-state index is 11.8. The van der Waals surface area contributed by atoms with Gasteiger partial charge in [0.1, 0.15) is 0 Å². The van der Waals surface area contributed by atoms with Gasteiger partial charge in [0, 0.05) is 29.3 Å². The summed E-state index contributed by atoms with van der Waals surface area (Å²) in [5.74, 6) is 0.201. The van der Waals surface area contributed by atoms with Crippen LogP contribution in [0.2, 0.25) is 0 Å². The van der Waals surface area contributed by atoms with Crippen molar-refractivity contribution in [3.8, 4) is 0 Å². The van der Waals surface area contributed by atoms with E-state index in [0.29, 0.717) is 6.42 Å². The normalized spacial score (nSPS) is 25.6. The van der Waals surface area contributed by atoms with Crippen LogP contribution < -0.4 is 5.73 Å². The smallest absolute Gasteiger partial charge is 0.222 e. The molecule has 0 aromatic carbocycles. The van der Waals surface area contributed by atoms with E-state index in [1.54, 1.807) is 11.3 Å². The maximum Gasteiger partial charge on any atom is 0.222 e. The van der Waals surface area contributed by atoms with Gasteiger partial charge in [-0.25, -0.2) is 0 Å². The van der Waals surface area contributed by atoms with E-state index < -0.39 is 0 Å². The summed E-state index contributed by atoms with van der Waals surface area (Å²) in [6, 6.07) is 4.40. The molecule has 4 heteroatoms. The maximum absolute atomic E-state index is 11.8. The van der Waals surface area contributed by atoms with Crippen molar-refractivity contribution in [1.29, 1.82) is 0 Å². The zero-order valence-corrected chi connectivity index (χ0v) is 12.4. The van der Waals surface area contributed by atoms with Crippen molar-refractivity contribution in [3.05, 3.63) is 21.9 Å². The molecule has 0 radical (unpaired) electrons. The van der Waals surface area contributed by atoms with E-state index in [9.17, 15) is 4.79 Å². The lowest BCUT2D eigenvalue weighted by Gasteiger charge is -2.36. The van der Waals surface area contributed by atoms with Crippen LogP contribution in [0.3, 0.4) is 0 Å². The number of rotatable bonds is 1. The molecule has 2 heterocycles. The molecule has 0 bridgehead atoms. The standard InChI is InChI=1S/C14H22N2OS/c1-14(2,3)11-7-6-10(18-11)13-9(15)5-8-12(17)16(13)4/h6-7,9,13H,5,8,15H2,1-4H3. The summed E-state index contributed by atoms with van der Waals surface area (Å²) in [6.45, 7) is 6.62. The van der Waals surface area contributed by atoms with Crippen LogP contribution in [-0.2, 0) is 10.2 Å². The molecule has 2 atom stereocenters. The molecule has 1 saturated heterocycles. The number of likely N-dealkylation sites (tertiary alicyclic amines) is 1. The van der Waals surface area contributed by atoms with E-state index in [1.165, 1.54) is 9.75 Å². The van der Waals surface area contributed by atoms with Crippen LogP contribution in [0.15, 0.2) is 12.1 Å². The average molecular weight is 266 g/mol. The molecule has 1 aliphatic heterocycles. The Kier molecular flexibility index (Phi) is 3.52. The molecule has 2 N–H and O–H groups in total. The van der Waals surface area contributed by atoms with Crippen molar-refractivity contribution in [2.24, 2.45) is 5.73 Å². The lowest BCUT2D eigenvalue weighted by atomic mass is 9.94. The van der Waals surface area contributed by atoms with Crippen LogP contribution in [0, 0.1) is 0 Å². The van der Waals surface area contributed by atoms with Crippen LogP contribution in [0.4, 0.5) is 0 Å². The second-order valence-corrected chi connectivity index (χ2v) is 7.22. The first-order chi connectivity index (χ1) is 8.30. The van der Waals surface area contributed by atoms with Gasteiger partial charge in [-0.05, 0) is 24.0 Å². The van der Waals surface area contributed by atoms with Crippen molar-refractivity contribution in [1.82, 2.24) is 4.90 Å². The molecule has 100 valence electrons. The Morgan fingerprint density at radius 3 is 2.61 bits per heavy atom. The molecule has 0 spiro atoms. The number of thiophene rings is 1.